The van der Waals surface area contributed by atoms with Crippen LogP contribution in [0.5, 0.6) is 0 Å². The summed E-state index contributed by atoms with van der Waals surface area (Å²) in [5.41, 5.74) is 1.93. The predicted octanol–water partition coefficient (Wildman–Crippen LogP) is 5.85. The molecule has 1 aromatic heterocycles. The van der Waals surface area contributed by atoms with Crippen molar-refractivity contribution in [2.75, 3.05) is 11.1 Å². The lowest BCUT2D eigenvalue weighted by molar-refractivity contribution is -0.118. The van der Waals surface area contributed by atoms with Crippen LogP contribution in [0.3, 0.4) is 0 Å². The number of hydrogen-bond acceptors (Lipinski definition) is 5. The standard InChI is InChI=1S/C21H17BrClN3O2S2/c22-13-6-9-16(23)15(10-13)19(28)26-20-18(12-4-2-1-3-5-12)25-21(30-20)29-11-17(27)24-14-7-8-14/h1-6,9-10,14H,7-8,11H2,(H,24,27)(H,26,28). The van der Waals surface area contributed by atoms with Gasteiger partial charge in [-0.2, -0.15) is 0 Å². The minimum Gasteiger partial charge on any atom is -0.353 e. The van der Waals surface area contributed by atoms with Gasteiger partial charge in [-0.05, 0) is 31.0 Å². The fourth-order valence-corrected chi connectivity index (χ4v) is 5.14. The van der Waals surface area contributed by atoms with Crippen molar-refractivity contribution in [1.29, 1.82) is 0 Å². The Morgan fingerprint density at radius 3 is 2.70 bits per heavy atom. The fraction of sp³-hybridized carbons (Fsp3) is 0.190. The number of thiazole rings is 1. The highest BCUT2D eigenvalue weighted by Gasteiger charge is 2.24. The second-order valence-electron chi connectivity index (χ2n) is 6.73. The maximum atomic E-state index is 12.9. The first kappa shape index (κ1) is 21.4. The Balaban J connectivity index is 1.56. The smallest absolute Gasteiger partial charge is 0.257 e. The summed E-state index contributed by atoms with van der Waals surface area (Å²) < 4.78 is 1.48. The van der Waals surface area contributed by atoms with E-state index in [1.54, 1.807) is 18.2 Å². The van der Waals surface area contributed by atoms with Crippen LogP contribution in [-0.4, -0.2) is 28.6 Å². The highest BCUT2D eigenvalue weighted by Crippen LogP contribution is 2.38. The minimum atomic E-state index is -0.315. The van der Waals surface area contributed by atoms with Gasteiger partial charge >= 0.3 is 0 Å². The van der Waals surface area contributed by atoms with Crippen molar-refractivity contribution in [3.8, 4) is 11.3 Å². The average molecular weight is 523 g/mol. The van der Waals surface area contributed by atoms with Crippen molar-refractivity contribution in [2.24, 2.45) is 0 Å². The van der Waals surface area contributed by atoms with E-state index in [9.17, 15) is 9.59 Å². The average Bonchev–Trinajstić information content (AvgIpc) is 3.46. The van der Waals surface area contributed by atoms with E-state index in [1.165, 1.54) is 23.1 Å². The molecule has 1 fully saturated rings. The van der Waals surface area contributed by atoms with Gasteiger partial charge in [-0.25, -0.2) is 4.98 Å². The predicted molar refractivity (Wildman–Crippen MR) is 127 cm³/mol. The lowest BCUT2D eigenvalue weighted by Gasteiger charge is -2.07. The monoisotopic (exact) mass is 521 g/mol. The number of nitrogens with one attached hydrogen (secondary N) is 2. The molecule has 154 valence electrons. The second kappa shape index (κ2) is 9.51. The third-order valence-corrected chi connectivity index (χ3v) is 7.26. The number of nitrogens with zero attached hydrogens (tertiary/aromatic N) is 1. The van der Waals surface area contributed by atoms with Crippen molar-refractivity contribution in [3.05, 3.63) is 63.6 Å². The Morgan fingerprint density at radius 2 is 1.97 bits per heavy atom. The van der Waals surface area contributed by atoms with E-state index in [-0.39, 0.29) is 11.8 Å². The summed E-state index contributed by atoms with van der Waals surface area (Å²) in [5, 5.41) is 6.90. The largest absolute Gasteiger partial charge is 0.353 e. The second-order valence-corrected chi connectivity index (χ2v) is 10.3. The van der Waals surface area contributed by atoms with E-state index in [0.717, 1.165) is 27.2 Å². The third-order valence-electron chi connectivity index (χ3n) is 4.32. The minimum absolute atomic E-state index is 0.00506. The summed E-state index contributed by atoms with van der Waals surface area (Å²) in [5.74, 6) is -0.0149. The zero-order valence-corrected chi connectivity index (χ0v) is 19.6. The van der Waals surface area contributed by atoms with Gasteiger partial charge in [-0.3, -0.25) is 9.59 Å². The van der Waals surface area contributed by atoms with Gasteiger partial charge in [0, 0.05) is 16.1 Å². The summed E-state index contributed by atoms with van der Waals surface area (Å²) >= 11 is 12.3. The van der Waals surface area contributed by atoms with Crippen molar-refractivity contribution >= 4 is 67.4 Å². The number of carbonyl (C=O) groups is 2. The SMILES string of the molecule is O=C(CSc1nc(-c2ccccc2)c(NC(=O)c2cc(Br)ccc2Cl)s1)NC1CC1. The molecule has 1 heterocycles. The van der Waals surface area contributed by atoms with Crippen LogP contribution in [0.1, 0.15) is 23.2 Å². The molecule has 9 heteroatoms. The van der Waals surface area contributed by atoms with E-state index >= 15 is 0 Å². The van der Waals surface area contributed by atoms with Crippen molar-refractivity contribution in [1.82, 2.24) is 10.3 Å². The topological polar surface area (TPSA) is 71.1 Å². The van der Waals surface area contributed by atoms with Crippen LogP contribution in [0.4, 0.5) is 5.00 Å². The first-order valence-electron chi connectivity index (χ1n) is 9.24. The van der Waals surface area contributed by atoms with E-state index in [2.05, 4.69) is 31.5 Å². The number of thioether (sulfide) groups is 1. The molecule has 0 spiro atoms. The van der Waals surface area contributed by atoms with Gasteiger partial charge in [0.2, 0.25) is 5.91 Å². The Morgan fingerprint density at radius 1 is 1.20 bits per heavy atom. The summed E-state index contributed by atoms with van der Waals surface area (Å²) in [6.45, 7) is 0. The molecule has 3 aromatic rings. The maximum absolute atomic E-state index is 12.9. The molecule has 0 radical (unpaired) electrons. The lowest BCUT2D eigenvalue weighted by Crippen LogP contribution is -2.26. The normalized spacial score (nSPS) is 13.1. The number of halogens is 2. The molecule has 0 unspecified atom stereocenters. The summed E-state index contributed by atoms with van der Waals surface area (Å²) in [6.07, 6.45) is 2.11. The van der Waals surface area contributed by atoms with Crippen molar-refractivity contribution in [3.63, 3.8) is 0 Å². The van der Waals surface area contributed by atoms with E-state index < -0.39 is 0 Å². The number of hydrogen-bond donors (Lipinski definition) is 2. The molecular formula is C21H17BrClN3O2S2. The van der Waals surface area contributed by atoms with Crippen LogP contribution >= 0.6 is 50.6 Å². The molecule has 1 aliphatic carbocycles. The summed E-state index contributed by atoms with van der Waals surface area (Å²) in [4.78, 5) is 29.6. The molecule has 2 N–H and O–H groups in total. The van der Waals surface area contributed by atoms with Gasteiger partial charge < -0.3 is 10.6 Å². The number of carbonyl (C=O) groups excluding carboxylic acids is 2. The number of amides is 2. The Hall–Kier alpha value is -1.87. The zero-order valence-electron chi connectivity index (χ0n) is 15.7. The highest BCUT2D eigenvalue weighted by molar-refractivity contribution is 9.10. The van der Waals surface area contributed by atoms with Crippen molar-refractivity contribution < 1.29 is 9.59 Å². The van der Waals surface area contributed by atoms with Gasteiger partial charge in [-0.1, -0.05) is 81.0 Å². The third kappa shape index (κ3) is 5.43. The van der Waals surface area contributed by atoms with Crippen LogP contribution in [0.15, 0.2) is 57.3 Å². The molecule has 1 saturated carbocycles. The van der Waals surface area contributed by atoms with Crippen LogP contribution in [0.2, 0.25) is 5.02 Å². The van der Waals surface area contributed by atoms with Crippen LogP contribution in [-0.2, 0) is 4.79 Å². The molecule has 4 rings (SSSR count). The molecular weight excluding hydrogens is 506 g/mol. The lowest BCUT2D eigenvalue weighted by atomic mass is 10.1. The van der Waals surface area contributed by atoms with Gasteiger partial charge in [0.15, 0.2) is 4.34 Å². The molecule has 1 aliphatic rings. The quantitative estimate of drug-likeness (QED) is 0.382. The Kier molecular flexibility index (Phi) is 6.77. The molecule has 0 aliphatic heterocycles. The first-order valence-corrected chi connectivity index (χ1v) is 12.2. The van der Waals surface area contributed by atoms with Crippen LogP contribution < -0.4 is 10.6 Å². The molecule has 2 amide bonds. The molecule has 30 heavy (non-hydrogen) atoms. The van der Waals surface area contributed by atoms with Gasteiger partial charge in [0.1, 0.15) is 10.7 Å². The van der Waals surface area contributed by atoms with E-state index in [4.69, 9.17) is 11.6 Å². The Labute approximate surface area is 195 Å². The van der Waals surface area contributed by atoms with E-state index in [1.807, 2.05) is 30.3 Å². The first-order chi connectivity index (χ1) is 14.5. The van der Waals surface area contributed by atoms with E-state index in [0.29, 0.717) is 33.1 Å². The van der Waals surface area contributed by atoms with Gasteiger partial charge in [0.25, 0.3) is 5.91 Å². The van der Waals surface area contributed by atoms with Crippen LogP contribution in [0, 0.1) is 0 Å². The molecule has 0 bridgehead atoms. The van der Waals surface area contributed by atoms with Crippen LogP contribution in [0.25, 0.3) is 11.3 Å². The number of benzene rings is 2. The number of anilines is 1. The molecule has 0 saturated heterocycles. The number of aromatic nitrogens is 1. The highest BCUT2D eigenvalue weighted by atomic mass is 79.9. The number of rotatable bonds is 7. The van der Waals surface area contributed by atoms with Gasteiger partial charge in [-0.15, -0.1) is 0 Å². The maximum Gasteiger partial charge on any atom is 0.257 e. The molecule has 0 atom stereocenters. The molecule has 5 nitrogen and oxygen atoms in total. The zero-order chi connectivity index (χ0) is 21.1. The summed E-state index contributed by atoms with van der Waals surface area (Å²) in [7, 11) is 0. The Bertz CT molecular complexity index is 1090. The molecule has 2 aromatic carbocycles. The van der Waals surface area contributed by atoms with Gasteiger partial charge in [0.05, 0.1) is 16.3 Å². The fourth-order valence-electron chi connectivity index (χ4n) is 2.70. The summed E-state index contributed by atoms with van der Waals surface area (Å²) in [6, 6.07) is 15.1. The van der Waals surface area contributed by atoms with Crippen molar-refractivity contribution in [2.45, 2.75) is 23.2 Å².